The van der Waals surface area contributed by atoms with Crippen molar-refractivity contribution in [3.63, 3.8) is 0 Å². The molecule has 0 saturated carbocycles. The first-order chi connectivity index (χ1) is 26.2. The summed E-state index contributed by atoms with van der Waals surface area (Å²) >= 11 is 0. The molecule has 0 radical (unpaired) electrons. The maximum Gasteiger partial charge on any atom is 0.0593 e. The molecule has 5 aliphatic heterocycles. The van der Waals surface area contributed by atoms with Crippen molar-refractivity contribution in [3.05, 3.63) is 0 Å². The van der Waals surface area contributed by atoms with Crippen molar-refractivity contribution in [2.45, 2.75) is 167 Å². The zero-order valence-corrected chi connectivity index (χ0v) is 40.1. The molecule has 0 bridgehead atoms. The second-order valence-electron chi connectivity index (χ2n) is 20.0. The average molecular weight is 778 g/mol. The van der Waals surface area contributed by atoms with E-state index in [0.717, 1.165) is 79.1 Å². The van der Waals surface area contributed by atoms with Gasteiger partial charge in [-0.25, -0.2) is 0 Å². The summed E-state index contributed by atoms with van der Waals surface area (Å²) in [6.07, 6.45) is 15.1. The Morgan fingerprint density at radius 2 is 1.20 bits per heavy atom. The minimum Gasteiger partial charge on any atom is -0.380 e. The highest BCUT2D eigenvalue weighted by molar-refractivity contribution is 4.81. The van der Waals surface area contributed by atoms with Crippen LogP contribution in [0.2, 0.25) is 0 Å². The number of likely N-dealkylation sites (tertiary alicyclic amines) is 4. The number of nitrogens with zero attached hydrogens (tertiary/aromatic N) is 4. The van der Waals surface area contributed by atoms with Crippen molar-refractivity contribution in [3.8, 4) is 0 Å². The quantitative estimate of drug-likeness (QED) is 0.199. The standard InChI is InChI=1S/C15H30N2.C14H29NO.2C9H19N.C2H6/c1-12(2)14-5-8-17(9-6-14)11-15-4-7-16-10-13(15)3;1-13(2)5-4-11-16-12-10-15-8-6-14(3)7-9-15;1-8(2)9-4-6-10(3)7-5-9;1-8(2)10-6-4-5-9(3)7-10;1-2/h12-16H,4-11H2,1-3H3;13-14H,4-12H2,1-3H3;2*8-9H,4-7H2,1-3H3;1-2H3. The third-order valence-electron chi connectivity index (χ3n) is 13.7. The summed E-state index contributed by atoms with van der Waals surface area (Å²) in [7, 11) is 2.22. The van der Waals surface area contributed by atoms with E-state index in [1.165, 1.54) is 143 Å². The molecule has 3 atom stereocenters. The van der Waals surface area contributed by atoms with Crippen LogP contribution < -0.4 is 5.32 Å². The van der Waals surface area contributed by atoms with E-state index in [-0.39, 0.29) is 0 Å². The number of nitrogens with one attached hydrogen (secondary N) is 1. The third-order valence-corrected chi connectivity index (χ3v) is 13.7. The van der Waals surface area contributed by atoms with Crippen molar-refractivity contribution >= 4 is 0 Å². The Kier molecular flexibility index (Phi) is 30.4. The Bertz CT molecular complexity index is 842. The molecule has 5 rings (SSSR count). The highest BCUT2D eigenvalue weighted by Crippen LogP contribution is 2.27. The molecule has 0 spiro atoms. The molecule has 6 nitrogen and oxygen atoms in total. The minimum absolute atomic E-state index is 0.753. The molecular formula is C49H103N5O. The van der Waals surface area contributed by atoms with E-state index in [9.17, 15) is 0 Å². The van der Waals surface area contributed by atoms with Crippen molar-refractivity contribution in [1.29, 1.82) is 0 Å². The van der Waals surface area contributed by atoms with Crippen LogP contribution in [0.5, 0.6) is 0 Å². The highest BCUT2D eigenvalue weighted by Gasteiger charge is 2.27. The van der Waals surface area contributed by atoms with Crippen LogP contribution in [0.4, 0.5) is 0 Å². The molecule has 5 aliphatic rings. The van der Waals surface area contributed by atoms with E-state index in [1.54, 1.807) is 0 Å². The van der Waals surface area contributed by atoms with Gasteiger partial charge >= 0.3 is 0 Å². The summed E-state index contributed by atoms with van der Waals surface area (Å²) in [6, 6.07) is 0.753. The summed E-state index contributed by atoms with van der Waals surface area (Å²) in [6.45, 7) is 47.0. The van der Waals surface area contributed by atoms with Crippen LogP contribution >= 0.6 is 0 Å². The maximum atomic E-state index is 5.67. The average Bonchev–Trinajstić information content (AvgIpc) is 3.16. The second kappa shape index (κ2) is 31.7. The van der Waals surface area contributed by atoms with Gasteiger partial charge in [0.2, 0.25) is 0 Å². The van der Waals surface area contributed by atoms with Crippen molar-refractivity contribution < 1.29 is 4.74 Å². The fraction of sp³-hybridized carbons (Fsp3) is 1.00. The van der Waals surface area contributed by atoms with E-state index >= 15 is 0 Å². The zero-order chi connectivity index (χ0) is 41.2. The molecule has 5 saturated heterocycles. The molecular weight excluding hydrogens is 675 g/mol. The number of hydrogen-bond donors (Lipinski definition) is 1. The Labute approximate surface area is 347 Å². The number of rotatable bonds is 12. The minimum atomic E-state index is 0.753. The Hall–Kier alpha value is -0.240. The normalized spacial score (nSPS) is 25.7. The van der Waals surface area contributed by atoms with Crippen LogP contribution in [0.15, 0.2) is 0 Å². The molecule has 5 heterocycles. The lowest BCUT2D eigenvalue weighted by molar-refractivity contribution is 0.0866. The molecule has 5 fully saturated rings. The van der Waals surface area contributed by atoms with Gasteiger partial charge in [0.05, 0.1) is 6.61 Å². The third kappa shape index (κ3) is 25.1. The molecule has 0 aromatic rings. The Morgan fingerprint density at radius 3 is 1.69 bits per heavy atom. The Morgan fingerprint density at radius 1 is 0.636 bits per heavy atom. The summed E-state index contributed by atoms with van der Waals surface area (Å²) in [4.78, 5) is 10.3. The summed E-state index contributed by atoms with van der Waals surface area (Å²) in [5, 5.41) is 3.51. The lowest BCUT2D eigenvalue weighted by Crippen LogP contribution is -2.44. The van der Waals surface area contributed by atoms with Gasteiger partial charge in [0.15, 0.2) is 0 Å². The van der Waals surface area contributed by atoms with Crippen LogP contribution in [0, 0.1) is 53.3 Å². The first kappa shape index (κ1) is 52.8. The molecule has 6 heteroatoms. The lowest BCUT2D eigenvalue weighted by atomic mass is 9.84. The maximum absolute atomic E-state index is 5.67. The lowest BCUT2D eigenvalue weighted by Gasteiger charge is -2.38. The SMILES string of the molecule is CC.CC(C)C1CCN(C)CC1.CC(C)C1CCN(CC2CCNCC2C)CC1.CC(C)CCCOCCN1CCC(C)CC1.CC1CCCN(C(C)C)C1. The van der Waals surface area contributed by atoms with Crippen LogP contribution in [-0.4, -0.2) is 124 Å². The summed E-state index contributed by atoms with van der Waals surface area (Å²) < 4.78 is 5.67. The first-order valence-corrected chi connectivity index (χ1v) is 24.4. The summed E-state index contributed by atoms with van der Waals surface area (Å²) in [5.74, 6) is 8.24. The van der Waals surface area contributed by atoms with Gasteiger partial charge in [0, 0.05) is 32.3 Å². The van der Waals surface area contributed by atoms with E-state index in [0.29, 0.717) is 0 Å². The van der Waals surface area contributed by atoms with Crippen LogP contribution in [0.3, 0.4) is 0 Å². The molecule has 0 aromatic carbocycles. The van der Waals surface area contributed by atoms with Gasteiger partial charge in [-0.1, -0.05) is 76.2 Å². The van der Waals surface area contributed by atoms with Gasteiger partial charge in [-0.05, 0) is 204 Å². The fourth-order valence-electron chi connectivity index (χ4n) is 9.04. The predicted molar refractivity (Wildman–Crippen MR) is 245 cm³/mol. The van der Waals surface area contributed by atoms with Crippen LogP contribution in [-0.2, 0) is 4.74 Å². The van der Waals surface area contributed by atoms with Gasteiger partial charge in [0.25, 0.3) is 0 Å². The molecule has 0 amide bonds. The van der Waals surface area contributed by atoms with E-state index in [2.05, 4.69) is 108 Å². The molecule has 1 N–H and O–H groups in total. The molecule has 0 aliphatic carbocycles. The zero-order valence-electron chi connectivity index (χ0n) is 40.1. The van der Waals surface area contributed by atoms with E-state index < -0.39 is 0 Å². The van der Waals surface area contributed by atoms with Crippen LogP contribution in [0.25, 0.3) is 0 Å². The van der Waals surface area contributed by atoms with Gasteiger partial charge in [-0.15, -0.1) is 0 Å². The highest BCUT2D eigenvalue weighted by atomic mass is 16.5. The number of piperidine rings is 5. The Balaban J connectivity index is 0.000000370. The van der Waals surface area contributed by atoms with Crippen molar-refractivity contribution in [2.24, 2.45) is 53.3 Å². The van der Waals surface area contributed by atoms with E-state index in [1.807, 2.05) is 13.8 Å². The smallest absolute Gasteiger partial charge is 0.0593 e. The second-order valence-corrected chi connectivity index (χ2v) is 20.0. The van der Waals surface area contributed by atoms with Gasteiger partial charge in [-0.3, -0.25) is 0 Å². The molecule has 330 valence electrons. The van der Waals surface area contributed by atoms with Gasteiger partial charge in [-0.2, -0.15) is 0 Å². The number of hydrogen-bond acceptors (Lipinski definition) is 6. The van der Waals surface area contributed by atoms with Crippen molar-refractivity contribution in [2.75, 3.05) is 98.8 Å². The van der Waals surface area contributed by atoms with E-state index in [4.69, 9.17) is 4.74 Å². The summed E-state index contributed by atoms with van der Waals surface area (Å²) in [5.41, 5.74) is 0. The topological polar surface area (TPSA) is 34.2 Å². The first-order valence-electron chi connectivity index (χ1n) is 24.4. The number of ether oxygens (including phenoxy) is 1. The van der Waals surface area contributed by atoms with Gasteiger partial charge < -0.3 is 29.7 Å². The molecule has 55 heavy (non-hydrogen) atoms. The predicted octanol–water partition coefficient (Wildman–Crippen LogP) is 10.9. The van der Waals surface area contributed by atoms with Crippen molar-refractivity contribution in [1.82, 2.24) is 24.9 Å². The molecule has 3 unspecified atom stereocenters. The monoisotopic (exact) mass is 778 g/mol. The largest absolute Gasteiger partial charge is 0.380 e. The molecule has 0 aromatic heterocycles. The fourth-order valence-corrected chi connectivity index (χ4v) is 9.04. The van der Waals surface area contributed by atoms with Crippen LogP contribution in [0.1, 0.15) is 161 Å². The van der Waals surface area contributed by atoms with Gasteiger partial charge in [0.1, 0.15) is 0 Å².